The highest BCUT2D eigenvalue weighted by Gasteiger charge is 2.24. The number of rotatable bonds is 2. The maximum absolute atomic E-state index is 10.8. The Morgan fingerprint density at radius 2 is 2.19 bits per heavy atom. The molecule has 0 amide bonds. The lowest BCUT2D eigenvalue weighted by Gasteiger charge is -2.25. The first kappa shape index (κ1) is 11.7. The van der Waals surface area contributed by atoms with Crippen LogP contribution in [0.25, 0.3) is 0 Å². The molecule has 0 fully saturated rings. The molecule has 1 aliphatic rings. The molecule has 2 nitrogen and oxygen atoms in total. The van der Waals surface area contributed by atoms with Crippen molar-refractivity contribution in [1.29, 1.82) is 0 Å². The van der Waals surface area contributed by atoms with Crippen LogP contribution in [0.3, 0.4) is 0 Å². The Morgan fingerprint density at radius 3 is 2.88 bits per heavy atom. The first-order valence-corrected chi connectivity index (χ1v) is 6.03. The van der Waals surface area contributed by atoms with Crippen LogP contribution in [-0.4, -0.2) is 11.1 Å². The van der Waals surface area contributed by atoms with Gasteiger partial charge in [-0.05, 0) is 48.4 Å². The number of hydrogen-bond donors (Lipinski definition) is 1. The van der Waals surface area contributed by atoms with Gasteiger partial charge < -0.3 is 5.11 Å². The smallest absolute Gasteiger partial charge is 0.303 e. The van der Waals surface area contributed by atoms with E-state index in [2.05, 4.69) is 0 Å². The summed E-state index contributed by atoms with van der Waals surface area (Å²) in [7, 11) is 0. The Labute approximate surface area is 104 Å². The molecule has 4 heteroatoms. The lowest BCUT2D eigenvalue weighted by atomic mass is 9.81. The predicted octanol–water partition coefficient (Wildman–Crippen LogP) is 3.89. The summed E-state index contributed by atoms with van der Waals surface area (Å²) in [6.07, 6.45) is 2.97. The van der Waals surface area contributed by atoms with Gasteiger partial charge in [-0.2, -0.15) is 0 Å². The first-order chi connectivity index (χ1) is 7.58. The Kier molecular flexibility index (Phi) is 3.41. The van der Waals surface area contributed by atoms with Gasteiger partial charge >= 0.3 is 5.97 Å². The second-order valence-corrected chi connectivity index (χ2v) is 4.99. The van der Waals surface area contributed by atoms with E-state index in [0.29, 0.717) is 10.0 Å². The Hall–Kier alpha value is -0.730. The van der Waals surface area contributed by atoms with Crippen molar-refractivity contribution in [3.63, 3.8) is 0 Å². The fraction of sp³-hybridized carbons (Fsp3) is 0.417. The standard InChI is InChI=1S/C12H12Cl2O2/c13-8-5-10-7(4-12(15)16)2-1-3-9(10)11(14)6-8/h5-7H,1-4H2,(H,15,16). The summed E-state index contributed by atoms with van der Waals surface area (Å²) in [5.41, 5.74) is 2.09. The summed E-state index contributed by atoms with van der Waals surface area (Å²) in [5.74, 6) is -0.716. The van der Waals surface area contributed by atoms with Gasteiger partial charge in [-0.25, -0.2) is 0 Å². The molecule has 0 heterocycles. The minimum atomic E-state index is -0.769. The molecule has 86 valence electrons. The molecular formula is C12H12Cl2O2. The van der Waals surface area contributed by atoms with E-state index in [-0.39, 0.29) is 12.3 Å². The number of carbonyl (C=O) groups is 1. The molecule has 1 unspecified atom stereocenters. The van der Waals surface area contributed by atoms with Crippen molar-refractivity contribution in [1.82, 2.24) is 0 Å². The molecule has 1 aliphatic carbocycles. The molecule has 1 aromatic rings. The van der Waals surface area contributed by atoms with E-state index in [1.807, 2.05) is 6.07 Å². The number of aliphatic carboxylic acids is 1. The third kappa shape index (κ3) is 2.33. The highest BCUT2D eigenvalue weighted by molar-refractivity contribution is 6.35. The number of carboxylic acids is 1. The van der Waals surface area contributed by atoms with E-state index in [1.54, 1.807) is 6.07 Å². The minimum absolute atomic E-state index is 0.0532. The monoisotopic (exact) mass is 258 g/mol. The van der Waals surface area contributed by atoms with E-state index in [1.165, 1.54) is 0 Å². The van der Waals surface area contributed by atoms with Gasteiger partial charge in [0.15, 0.2) is 0 Å². The molecule has 2 rings (SSSR count). The summed E-state index contributed by atoms with van der Waals surface area (Å²) in [6.45, 7) is 0. The molecule has 0 saturated heterocycles. The number of carboxylic acid groups (broad SMARTS) is 1. The van der Waals surface area contributed by atoms with Crippen molar-refractivity contribution >= 4 is 29.2 Å². The average molecular weight is 259 g/mol. The quantitative estimate of drug-likeness (QED) is 0.874. The minimum Gasteiger partial charge on any atom is -0.481 e. The van der Waals surface area contributed by atoms with Crippen LogP contribution in [0.2, 0.25) is 10.0 Å². The molecule has 16 heavy (non-hydrogen) atoms. The molecule has 1 N–H and O–H groups in total. The van der Waals surface area contributed by atoms with Crippen molar-refractivity contribution in [3.8, 4) is 0 Å². The number of fused-ring (bicyclic) bond motifs is 1. The maximum Gasteiger partial charge on any atom is 0.303 e. The molecule has 0 aromatic heterocycles. The summed E-state index contributed by atoms with van der Waals surface area (Å²) in [4.78, 5) is 10.8. The highest BCUT2D eigenvalue weighted by Crippen LogP contribution is 2.39. The van der Waals surface area contributed by atoms with Crippen LogP contribution in [0, 0.1) is 0 Å². The molecule has 0 spiro atoms. The predicted molar refractivity (Wildman–Crippen MR) is 64.4 cm³/mol. The fourth-order valence-electron chi connectivity index (χ4n) is 2.35. The summed E-state index contributed by atoms with van der Waals surface area (Å²) in [5, 5.41) is 10.1. The van der Waals surface area contributed by atoms with Gasteiger partial charge in [0.2, 0.25) is 0 Å². The summed E-state index contributed by atoms with van der Waals surface area (Å²) >= 11 is 12.1. The second kappa shape index (κ2) is 4.64. The molecule has 0 aliphatic heterocycles. The van der Waals surface area contributed by atoms with Crippen molar-refractivity contribution in [2.75, 3.05) is 0 Å². The van der Waals surface area contributed by atoms with Crippen molar-refractivity contribution < 1.29 is 9.90 Å². The largest absolute Gasteiger partial charge is 0.481 e. The van der Waals surface area contributed by atoms with Gasteiger partial charge in [0.25, 0.3) is 0 Å². The lowest BCUT2D eigenvalue weighted by Crippen LogP contribution is -2.14. The maximum atomic E-state index is 10.8. The fourth-order valence-corrected chi connectivity index (χ4v) is 2.96. The molecule has 0 bridgehead atoms. The third-order valence-electron chi connectivity index (χ3n) is 3.03. The van der Waals surface area contributed by atoms with Crippen LogP contribution >= 0.6 is 23.2 Å². The van der Waals surface area contributed by atoms with E-state index >= 15 is 0 Å². The Bertz CT molecular complexity index is 429. The summed E-state index contributed by atoms with van der Waals surface area (Å²) < 4.78 is 0. The zero-order valence-electron chi connectivity index (χ0n) is 8.67. The van der Waals surface area contributed by atoms with Crippen LogP contribution in [-0.2, 0) is 11.2 Å². The van der Waals surface area contributed by atoms with Gasteiger partial charge in [0, 0.05) is 10.0 Å². The van der Waals surface area contributed by atoms with Crippen LogP contribution in [0.5, 0.6) is 0 Å². The topological polar surface area (TPSA) is 37.3 Å². The van der Waals surface area contributed by atoms with E-state index < -0.39 is 5.97 Å². The lowest BCUT2D eigenvalue weighted by molar-refractivity contribution is -0.137. The van der Waals surface area contributed by atoms with Gasteiger partial charge in [0.1, 0.15) is 0 Å². The third-order valence-corrected chi connectivity index (χ3v) is 3.59. The number of hydrogen-bond acceptors (Lipinski definition) is 1. The van der Waals surface area contributed by atoms with Crippen LogP contribution in [0.15, 0.2) is 12.1 Å². The van der Waals surface area contributed by atoms with Crippen molar-refractivity contribution in [2.24, 2.45) is 0 Å². The Morgan fingerprint density at radius 1 is 1.44 bits per heavy atom. The molecule has 1 aromatic carbocycles. The zero-order valence-corrected chi connectivity index (χ0v) is 10.2. The highest BCUT2D eigenvalue weighted by atomic mass is 35.5. The van der Waals surface area contributed by atoms with E-state index in [4.69, 9.17) is 28.3 Å². The molecule has 0 saturated carbocycles. The first-order valence-electron chi connectivity index (χ1n) is 5.27. The van der Waals surface area contributed by atoms with Gasteiger partial charge in [0.05, 0.1) is 6.42 Å². The number of benzene rings is 1. The van der Waals surface area contributed by atoms with Crippen LogP contribution in [0.1, 0.15) is 36.3 Å². The van der Waals surface area contributed by atoms with Gasteiger partial charge in [-0.3, -0.25) is 4.79 Å². The average Bonchev–Trinajstić information content (AvgIpc) is 2.18. The van der Waals surface area contributed by atoms with Gasteiger partial charge in [-0.15, -0.1) is 0 Å². The zero-order chi connectivity index (χ0) is 11.7. The Balaban J connectivity index is 2.41. The van der Waals surface area contributed by atoms with E-state index in [9.17, 15) is 4.79 Å². The summed E-state index contributed by atoms with van der Waals surface area (Å²) in [6, 6.07) is 3.58. The van der Waals surface area contributed by atoms with Crippen LogP contribution in [0.4, 0.5) is 0 Å². The molecule has 1 atom stereocenters. The van der Waals surface area contributed by atoms with E-state index in [0.717, 1.165) is 30.4 Å². The normalized spacial score (nSPS) is 19.2. The van der Waals surface area contributed by atoms with Gasteiger partial charge in [-0.1, -0.05) is 23.2 Å². The van der Waals surface area contributed by atoms with Crippen molar-refractivity contribution in [2.45, 2.75) is 31.6 Å². The molecular weight excluding hydrogens is 247 g/mol. The molecule has 0 radical (unpaired) electrons. The second-order valence-electron chi connectivity index (χ2n) is 4.14. The van der Waals surface area contributed by atoms with Crippen molar-refractivity contribution in [3.05, 3.63) is 33.3 Å². The number of halogens is 2. The SMILES string of the molecule is O=C(O)CC1CCCc2c(Cl)cc(Cl)cc21. The van der Waals surface area contributed by atoms with Crippen LogP contribution < -0.4 is 0 Å².